The molecule has 3 fully saturated rings. The van der Waals surface area contributed by atoms with E-state index in [0.717, 1.165) is 51.4 Å². The van der Waals surface area contributed by atoms with Crippen LogP contribution in [0.4, 0.5) is 0 Å². The summed E-state index contributed by atoms with van der Waals surface area (Å²) in [4.78, 5) is 17.1. The first-order chi connectivity index (χ1) is 11.5. The normalized spacial score (nSPS) is 30.7. The van der Waals surface area contributed by atoms with Crippen LogP contribution in [0.3, 0.4) is 0 Å². The van der Waals surface area contributed by atoms with Crippen LogP contribution in [0.25, 0.3) is 0 Å². The van der Waals surface area contributed by atoms with Gasteiger partial charge >= 0.3 is 0 Å². The number of amides is 1. The van der Waals surface area contributed by atoms with Crippen molar-refractivity contribution in [3.63, 3.8) is 0 Å². The second kappa shape index (κ2) is 11.1. The van der Waals surface area contributed by atoms with Crippen molar-refractivity contribution in [1.82, 2.24) is 15.1 Å². The highest BCUT2D eigenvalue weighted by Crippen LogP contribution is 2.33. The van der Waals surface area contributed by atoms with Crippen LogP contribution in [0, 0.1) is 11.8 Å². The first kappa shape index (κ1) is 24.0. The molecular formula is C19H37Cl2N3O2. The minimum Gasteiger partial charge on any atom is -0.392 e. The van der Waals surface area contributed by atoms with Crippen molar-refractivity contribution in [3.05, 3.63) is 0 Å². The summed E-state index contributed by atoms with van der Waals surface area (Å²) < 4.78 is 0. The number of carbonyl (C=O) groups is 1. The fourth-order valence-electron chi connectivity index (χ4n) is 4.98. The summed E-state index contributed by atoms with van der Waals surface area (Å²) in [5.74, 6) is 1.63. The van der Waals surface area contributed by atoms with Gasteiger partial charge in [-0.2, -0.15) is 0 Å². The molecule has 1 saturated carbocycles. The van der Waals surface area contributed by atoms with E-state index in [9.17, 15) is 9.90 Å². The van der Waals surface area contributed by atoms with Crippen LogP contribution in [0.15, 0.2) is 0 Å². The average Bonchev–Trinajstić information content (AvgIpc) is 2.99. The van der Waals surface area contributed by atoms with Gasteiger partial charge in [-0.3, -0.25) is 4.79 Å². The van der Waals surface area contributed by atoms with Gasteiger partial charge in [0, 0.05) is 26.2 Å². The van der Waals surface area contributed by atoms with Crippen molar-refractivity contribution in [1.29, 1.82) is 0 Å². The molecule has 2 aliphatic heterocycles. The summed E-state index contributed by atoms with van der Waals surface area (Å²) in [6.07, 6.45) is 8.26. The third-order valence-corrected chi connectivity index (χ3v) is 6.30. The molecule has 0 radical (unpaired) electrons. The topological polar surface area (TPSA) is 55.8 Å². The molecule has 3 rings (SSSR count). The lowest BCUT2D eigenvalue weighted by molar-refractivity contribution is -0.132. The zero-order chi connectivity index (χ0) is 17.1. The standard InChI is InChI=1S/C19H35N3O2.2ClH/c1-14(23)12-22-9-7-15(8-10-22)13-21(2)19(24)18-11-16-5-3-4-6-17(16)20-18;;/h14-18,20,23H,3-13H2,1-2H3;2*1H. The first-order valence-corrected chi connectivity index (χ1v) is 9.94. The van der Waals surface area contributed by atoms with Gasteiger partial charge in [-0.25, -0.2) is 0 Å². The lowest BCUT2D eigenvalue weighted by atomic mass is 9.85. The average molecular weight is 410 g/mol. The Labute approximate surface area is 171 Å². The minimum absolute atomic E-state index is 0. The highest BCUT2D eigenvalue weighted by molar-refractivity contribution is 5.85. The van der Waals surface area contributed by atoms with Crippen LogP contribution in [0.2, 0.25) is 0 Å². The van der Waals surface area contributed by atoms with Crippen LogP contribution >= 0.6 is 24.8 Å². The maximum absolute atomic E-state index is 12.8. The fourth-order valence-corrected chi connectivity index (χ4v) is 4.98. The zero-order valence-corrected chi connectivity index (χ0v) is 17.9. The van der Waals surface area contributed by atoms with E-state index in [1.54, 1.807) is 0 Å². The van der Waals surface area contributed by atoms with E-state index in [4.69, 9.17) is 0 Å². The van der Waals surface area contributed by atoms with Crippen molar-refractivity contribution in [2.24, 2.45) is 11.8 Å². The Morgan fingerprint density at radius 2 is 1.85 bits per heavy atom. The van der Waals surface area contributed by atoms with Gasteiger partial charge in [0.25, 0.3) is 0 Å². The predicted octanol–water partition coefficient (Wildman–Crippen LogP) is 2.30. The van der Waals surface area contributed by atoms with E-state index in [1.165, 1.54) is 25.7 Å². The predicted molar refractivity (Wildman–Crippen MR) is 110 cm³/mol. The Hall–Kier alpha value is -0.0700. The van der Waals surface area contributed by atoms with Crippen molar-refractivity contribution in [2.45, 2.75) is 70.1 Å². The van der Waals surface area contributed by atoms with Gasteiger partial charge in [0.05, 0.1) is 12.1 Å². The molecule has 0 aromatic rings. The van der Waals surface area contributed by atoms with Crippen LogP contribution in [0.5, 0.6) is 0 Å². The van der Waals surface area contributed by atoms with E-state index < -0.39 is 0 Å². The Balaban J connectivity index is 0.00000169. The van der Waals surface area contributed by atoms with Gasteiger partial charge in [0.15, 0.2) is 0 Å². The Morgan fingerprint density at radius 3 is 2.46 bits per heavy atom. The van der Waals surface area contributed by atoms with E-state index >= 15 is 0 Å². The first-order valence-electron chi connectivity index (χ1n) is 9.94. The molecule has 4 atom stereocenters. The number of hydrogen-bond acceptors (Lipinski definition) is 4. The Morgan fingerprint density at radius 1 is 1.19 bits per heavy atom. The molecule has 0 spiro atoms. The number of likely N-dealkylation sites (tertiary alicyclic amines) is 1. The maximum atomic E-state index is 12.8. The number of β-amino-alcohol motifs (C(OH)–C–C–N with tert-alkyl or cyclic N) is 1. The second-order valence-electron chi connectivity index (χ2n) is 8.42. The summed E-state index contributed by atoms with van der Waals surface area (Å²) in [6.45, 7) is 5.60. The molecule has 7 heteroatoms. The molecule has 2 heterocycles. The van der Waals surface area contributed by atoms with Gasteiger partial charge in [0.2, 0.25) is 5.91 Å². The number of hydrogen-bond donors (Lipinski definition) is 2. The number of nitrogens with one attached hydrogen (secondary N) is 1. The number of halogens is 2. The minimum atomic E-state index is -0.247. The molecule has 26 heavy (non-hydrogen) atoms. The molecule has 0 aromatic heterocycles. The maximum Gasteiger partial charge on any atom is 0.239 e. The van der Waals surface area contributed by atoms with Gasteiger partial charge < -0.3 is 20.2 Å². The molecular weight excluding hydrogens is 373 g/mol. The quantitative estimate of drug-likeness (QED) is 0.731. The molecule has 2 saturated heterocycles. The molecule has 154 valence electrons. The number of likely N-dealkylation sites (N-methyl/N-ethyl adjacent to an activating group) is 1. The number of fused-ring (bicyclic) bond motifs is 1. The number of nitrogens with zero attached hydrogens (tertiary/aromatic N) is 2. The molecule has 0 bridgehead atoms. The Kier molecular flexibility index (Phi) is 10.2. The fraction of sp³-hybridized carbons (Fsp3) is 0.947. The van der Waals surface area contributed by atoms with E-state index in [-0.39, 0.29) is 37.0 Å². The summed E-state index contributed by atoms with van der Waals surface area (Å²) in [6, 6.07) is 0.642. The lowest BCUT2D eigenvalue weighted by Crippen LogP contribution is -2.47. The monoisotopic (exact) mass is 409 g/mol. The zero-order valence-electron chi connectivity index (χ0n) is 16.2. The van der Waals surface area contributed by atoms with E-state index in [2.05, 4.69) is 10.2 Å². The SMILES string of the molecule is CC(O)CN1CCC(CN(C)C(=O)C2CC3CCCCC3N2)CC1.Cl.Cl. The molecule has 2 N–H and O–H groups in total. The second-order valence-corrected chi connectivity index (χ2v) is 8.42. The third kappa shape index (κ3) is 6.23. The van der Waals surface area contributed by atoms with Gasteiger partial charge in [-0.15, -0.1) is 24.8 Å². The molecule has 1 aliphatic carbocycles. The molecule has 1 amide bonds. The van der Waals surface area contributed by atoms with Crippen LogP contribution in [0.1, 0.15) is 51.9 Å². The molecule has 5 nitrogen and oxygen atoms in total. The summed E-state index contributed by atoms with van der Waals surface area (Å²) in [7, 11) is 1.98. The van der Waals surface area contributed by atoms with Crippen molar-refractivity contribution >= 4 is 30.7 Å². The van der Waals surface area contributed by atoms with Crippen LogP contribution in [-0.2, 0) is 4.79 Å². The largest absolute Gasteiger partial charge is 0.392 e. The smallest absolute Gasteiger partial charge is 0.239 e. The molecule has 0 aromatic carbocycles. The summed E-state index contributed by atoms with van der Waals surface area (Å²) in [5.41, 5.74) is 0. The van der Waals surface area contributed by atoms with Gasteiger partial charge in [-0.1, -0.05) is 12.8 Å². The van der Waals surface area contributed by atoms with Crippen LogP contribution < -0.4 is 5.32 Å². The van der Waals surface area contributed by atoms with Gasteiger partial charge in [0.1, 0.15) is 0 Å². The van der Waals surface area contributed by atoms with Crippen LogP contribution in [-0.4, -0.2) is 72.2 Å². The highest BCUT2D eigenvalue weighted by Gasteiger charge is 2.39. The Bertz CT molecular complexity index is 417. The number of aliphatic hydroxyl groups is 1. The van der Waals surface area contributed by atoms with E-state index in [0.29, 0.717) is 17.9 Å². The third-order valence-electron chi connectivity index (χ3n) is 6.30. The van der Waals surface area contributed by atoms with Crippen molar-refractivity contribution in [2.75, 3.05) is 33.2 Å². The summed E-state index contributed by atoms with van der Waals surface area (Å²) in [5, 5.41) is 13.1. The molecule has 3 aliphatic rings. The number of aliphatic hydroxyl groups excluding tert-OH is 1. The van der Waals surface area contributed by atoms with E-state index in [1.807, 2.05) is 18.9 Å². The number of carbonyl (C=O) groups excluding carboxylic acids is 1. The number of rotatable bonds is 5. The molecule has 4 unspecified atom stereocenters. The van der Waals surface area contributed by atoms with Crippen molar-refractivity contribution in [3.8, 4) is 0 Å². The number of piperidine rings is 1. The highest BCUT2D eigenvalue weighted by atomic mass is 35.5. The van der Waals surface area contributed by atoms with Gasteiger partial charge in [-0.05, 0) is 64.0 Å². The van der Waals surface area contributed by atoms with Crippen molar-refractivity contribution < 1.29 is 9.90 Å². The lowest BCUT2D eigenvalue weighted by Gasteiger charge is -2.35. The summed E-state index contributed by atoms with van der Waals surface area (Å²) >= 11 is 0.